The maximum atomic E-state index is 11.5. The zero-order valence-corrected chi connectivity index (χ0v) is 13.9. The molecule has 1 fully saturated rings. The van der Waals surface area contributed by atoms with E-state index in [4.69, 9.17) is 0 Å². The van der Waals surface area contributed by atoms with Gasteiger partial charge in [-0.15, -0.1) is 23.7 Å². The van der Waals surface area contributed by atoms with Crippen LogP contribution < -0.4 is 10.2 Å². The molecule has 5 nitrogen and oxygen atoms in total. The molecule has 0 spiro atoms. The van der Waals surface area contributed by atoms with Gasteiger partial charge in [0.1, 0.15) is 0 Å². The van der Waals surface area contributed by atoms with Crippen molar-refractivity contribution in [1.29, 1.82) is 0 Å². The standard InChI is InChI=1S/C13H22N4OS.ClH/c1-4-17(11(3)18)13-15-12(9-19-13)8-16-6-5-14-7-10(16)2;/h9-10,14H,4-8H2,1-3H3;1H. The fourth-order valence-electron chi connectivity index (χ4n) is 2.31. The van der Waals surface area contributed by atoms with E-state index < -0.39 is 0 Å². The van der Waals surface area contributed by atoms with Crippen LogP contribution in [0.5, 0.6) is 0 Å². The first kappa shape index (κ1) is 17.4. The van der Waals surface area contributed by atoms with Crippen molar-refractivity contribution in [2.24, 2.45) is 0 Å². The van der Waals surface area contributed by atoms with E-state index in [9.17, 15) is 4.79 Å². The van der Waals surface area contributed by atoms with E-state index in [-0.39, 0.29) is 18.3 Å². The molecule has 1 atom stereocenters. The molecule has 0 saturated carbocycles. The van der Waals surface area contributed by atoms with Crippen LogP contribution in [0.3, 0.4) is 0 Å². The van der Waals surface area contributed by atoms with Crippen molar-refractivity contribution in [3.63, 3.8) is 0 Å². The predicted molar refractivity (Wildman–Crippen MR) is 85.8 cm³/mol. The zero-order valence-electron chi connectivity index (χ0n) is 12.3. The molecule has 2 rings (SSSR count). The largest absolute Gasteiger partial charge is 0.314 e. The number of amides is 1. The van der Waals surface area contributed by atoms with Crippen LogP contribution in [-0.2, 0) is 11.3 Å². The average molecular weight is 319 g/mol. The van der Waals surface area contributed by atoms with Gasteiger partial charge < -0.3 is 5.32 Å². The van der Waals surface area contributed by atoms with E-state index in [1.165, 1.54) is 0 Å². The summed E-state index contributed by atoms with van der Waals surface area (Å²) in [6.07, 6.45) is 0. The second-order valence-corrected chi connectivity index (χ2v) is 5.74. The molecular formula is C13H23ClN4OS. The maximum Gasteiger partial charge on any atom is 0.225 e. The van der Waals surface area contributed by atoms with Crippen LogP contribution in [0.15, 0.2) is 5.38 Å². The summed E-state index contributed by atoms with van der Waals surface area (Å²) in [7, 11) is 0. The summed E-state index contributed by atoms with van der Waals surface area (Å²) in [6.45, 7) is 10.5. The molecular weight excluding hydrogens is 296 g/mol. The van der Waals surface area contributed by atoms with Crippen molar-refractivity contribution in [2.45, 2.75) is 33.4 Å². The number of nitrogens with zero attached hydrogens (tertiary/aromatic N) is 3. The molecule has 0 bridgehead atoms. The quantitative estimate of drug-likeness (QED) is 0.918. The van der Waals surface area contributed by atoms with Crippen molar-refractivity contribution in [3.05, 3.63) is 11.1 Å². The first-order valence-corrected chi connectivity index (χ1v) is 7.67. The number of hydrogen-bond donors (Lipinski definition) is 1. The number of hydrogen-bond acceptors (Lipinski definition) is 5. The van der Waals surface area contributed by atoms with Crippen LogP contribution in [0.4, 0.5) is 5.13 Å². The highest BCUT2D eigenvalue weighted by Gasteiger charge is 2.20. The Kier molecular flexibility index (Phi) is 6.88. The second kappa shape index (κ2) is 7.93. The van der Waals surface area contributed by atoms with E-state index in [0.29, 0.717) is 12.6 Å². The monoisotopic (exact) mass is 318 g/mol. The molecule has 1 N–H and O–H groups in total. The SMILES string of the molecule is CCN(C(C)=O)c1nc(CN2CCNCC2C)cs1.Cl. The topological polar surface area (TPSA) is 48.5 Å². The third-order valence-electron chi connectivity index (χ3n) is 3.47. The highest BCUT2D eigenvalue weighted by molar-refractivity contribution is 7.14. The van der Waals surface area contributed by atoms with E-state index in [1.54, 1.807) is 23.2 Å². The Morgan fingerprint density at radius 3 is 3.00 bits per heavy atom. The van der Waals surface area contributed by atoms with Gasteiger partial charge in [-0.3, -0.25) is 14.6 Å². The second-order valence-electron chi connectivity index (χ2n) is 4.91. The van der Waals surface area contributed by atoms with Crippen LogP contribution in [0, 0.1) is 0 Å². The number of carbonyl (C=O) groups is 1. The molecule has 7 heteroatoms. The average Bonchev–Trinajstić information content (AvgIpc) is 2.81. The lowest BCUT2D eigenvalue weighted by molar-refractivity contribution is -0.116. The van der Waals surface area contributed by atoms with Crippen LogP contribution >= 0.6 is 23.7 Å². The molecule has 1 aliphatic heterocycles. The highest BCUT2D eigenvalue weighted by atomic mass is 35.5. The number of halogens is 1. The van der Waals surface area contributed by atoms with Gasteiger partial charge in [-0.05, 0) is 13.8 Å². The fourth-order valence-corrected chi connectivity index (χ4v) is 3.24. The summed E-state index contributed by atoms with van der Waals surface area (Å²) in [5.74, 6) is 0.0546. The van der Waals surface area contributed by atoms with Gasteiger partial charge in [-0.25, -0.2) is 4.98 Å². The number of piperazine rings is 1. The molecule has 1 saturated heterocycles. The van der Waals surface area contributed by atoms with Crippen LogP contribution in [-0.4, -0.2) is 48.0 Å². The van der Waals surface area contributed by atoms with Crippen molar-refractivity contribution in [3.8, 4) is 0 Å². The van der Waals surface area contributed by atoms with Gasteiger partial charge in [0.25, 0.3) is 0 Å². The third kappa shape index (κ3) is 4.15. The van der Waals surface area contributed by atoms with Gasteiger partial charge in [0, 0.05) is 51.1 Å². The van der Waals surface area contributed by atoms with E-state index in [1.807, 2.05) is 6.92 Å². The van der Waals surface area contributed by atoms with Crippen molar-refractivity contribution in [1.82, 2.24) is 15.2 Å². The Bertz CT molecular complexity index is 440. The molecule has 114 valence electrons. The van der Waals surface area contributed by atoms with Gasteiger partial charge in [0.2, 0.25) is 5.91 Å². The Balaban J connectivity index is 0.00000200. The number of aromatic nitrogens is 1. The molecule has 20 heavy (non-hydrogen) atoms. The van der Waals surface area contributed by atoms with E-state index in [0.717, 1.165) is 37.0 Å². The number of rotatable bonds is 4. The minimum absolute atomic E-state index is 0. The van der Waals surface area contributed by atoms with Crippen molar-refractivity contribution >= 4 is 34.8 Å². The minimum atomic E-state index is 0. The molecule has 1 amide bonds. The van der Waals surface area contributed by atoms with Gasteiger partial charge in [0.15, 0.2) is 5.13 Å². The molecule has 0 radical (unpaired) electrons. The number of anilines is 1. The predicted octanol–water partition coefficient (Wildman–Crippen LogP) is 1.73. The minimum Gasteiger partial charge on any atom is -0.314 e. The Hall–Kier alpha value is -0.690. The summed E-state index contributed by atoms with van der Waals surface area (Å²) >= 11 is 1.55. The fraction of sp³-hybridized carbons (Fsp3) is 0.692. The highest BCUT2D eigenvalue weighted by Crippen LogP contribution is 2.22. The Labute approximate surface area is 130 Å². The lowest BCUT2D eigenvalue weighted by Gasteiger charge is -2.33. The molecule has 1 unspecified atom stereocenters. The lowest BCUT2D eigenvalue weighted by atomic mass is 10.2. The van der Waals surface area contributed by atoms with Crippen LogP contribution in [0.25, 0.3) is 0 Å². The number of thiazole rings is 1. The summed E-state index contributed by atoms with van der Waals surface area (Å²) < 4.78 is 0. The summed E-state index contributed by atoms with van der Waals surface area (Å²) in [5.41, 5.74) is 1.06. The molecule has 1 aliphatic rings. The van der Waals surface area contributed by atoms with E-state index in [2.05, 4.69) is 27.5 Å². The molecule has 0 aromatic carbocycles. The number of nitrogens with one attached hydrogen (secondary N) is 1. The summed E-state index contributed by atoms with van der Waals surface area (Å²) in [6, 6.07) is 0.536. The maximum absolute atomic E-state index is 11.5. The first-order valence-electron chi connectivity index (χ1n) is 6.79. The van der Waals surface area contributed by atoms with Gasteiger partial charge >= 0.3 is 0 Å². The Morgan fingerprint density at radius 1 is 1.65 bits per heavy atom. The lowest BCUT2D eigenvalue weighted by Crippen LogP contribution is -2.49. The molecule has 2 heterocycles. The van der Waals surface area contributed by atoms with E-state index >= 15 is 0 Å². The third-order valence-corrected chi connectivity index (χ3v) is 4.38. The van der Waals surface area contributed by atoms with Crippen LogP contribution in [0.1, 0.15) is 26.5 Å². The molecule has 0 aliphatic carbocycles. The van der Waals surface area contributed by atoms with Gasteiger partial charge in [0.05, 0.1) is 5.69 Å². The number of carbonyl (C=O) groups excluding carboxylic acids is 1. The van der Waals surface area contributed by atoms with Crippen LogP contribution in [0.2, 0.25) is 0 Å². The van der Waals surface area contributed by atoms with Crippen molar-refractivity contribution in [2.75, 3.05) is 31.1 Å². The Morgan fingerprint density at radius 2 is 2.40 bits per heavy atom. The normalized spacial score (nSPS) is 19.4. The van der Waals surface area contributed by atoms with Crippen molar-refractivity contribution < 1.29 is 4.79 Å². The first-order chi connectivity index (χ1) is 9.11. The van der Waals surface area contributed by atoms with Gasteiger partial charge in [-0.2, -0.15) is 0 Å². The molecule has 1 aromatic heterocycles. The molecule has 1 aromatic rings. The summed E-state index contributed by atoms with van der Waals surface area (Å²) in [5, 5.41) is 6.26. The zero-order chi connectivity index (χ0) is 13.8. The smallest absolute Gasteiger partial charge is 0.225 e. The van der Waals surface area contributed by atoms with Gasteiger partial charge in [-0.1, -0.05) is 0 Å². The summed E-state index contributed by atoms with van der Waals surface area (Å²) in [4.78, 5) is 20.2.